The molecule has 0 atom stereocenters. The second-order valence-electron chi connectivity index (χ2n) is 2.57. The number of aliphatic hydroxyl groups is 1. The van der Waals surface area contributed by atoms with Gasteiger partial charge in [-0.1, -0.05) is 0 Å². The number of hydrogen-bond acceptors (Lipinski definition) is 5. The number of hydrogen-bond donors (Lipinski definition) is 2. The molecular formula is C7H12N4O3. The summed E-state index contributed by atoms with van der Waals surface area (Å²) in [6.07, 6.45) is 0.956. The van der Waals surface area contributed by atoms with Crippen LogP contribution in [0, 0.1) is 0 Å². The molecule has 1 rings (SSSR count). The Labute approximate surface area is 80.7 Å². The fourth-order valence-corrected chi connectivity index (χ4v) is 0.808. The highest BCUT2D eigenvalue weighted by molar-refractivity contribution is 5.66. The molecule has 1 aromatic rings. The quantitative estimate of drug-likeness (QED) is 0.653. The zero-order valence-electron chi connectivity index (χ0n) is 7.80. The van der Waals surface area contributed by atoms with Gasteiger partial charge in [0.1, 0.15) is 12.9 Å². The zero-order valence-corrected chi connectivity index (χ0v) is 7.80. The van der Waals surface area contributed by atoms with Gasteiger partial charge in [-0.15, -0.1) is 10.2 Å². The number of rotatable bonds is 4. The number of aryl methyl sites for hydroxylation is 1. The van der Waals surface area contributed by atoms with Crippen molar-refractivity contribution in [2.24, 2.45) is 7.05 Å². The highest BCUT2D eigenvalue weighted by Crippen LogP contribution is 1.90. The summed E-state index contributed by atoms with van der Waals surface area (Å²) in [5.74, 6) is 0.631. The lowest BCUT2D eigenvalue weighted by molar-refractivity contribution is 0.118. The van der Waals surface area contributed by atoms with E-state index in [1.807, 2.05) is 0 Å². The molecule has 1 amide bonds. The summed E-state index contributed by atoms with van der Waals surface area (Å²) >= 11 is 0. The minimum absolute atomic E-state index is 0.00928. The second-order valence-corrected chi connectivity index (χ2v) is 2.57. The van der Waals surface area contributed by atoms with Crippen LogP contribution in [0.2, 0.25) is 0 Å². The Kier molecular flexibility index (Phi) is 3.86. The van der Waals surface area contributed by atoms with Crippen LogP contribution in [0.1, 0.15) is 5.82 Å². The van der Waals surface area contributed by atoms with Gasteiger partial charge < -0.3 is 19.7 Å². The van der Waals surface area contributed by atoms with Crippen molar-refractivity contribution in [2.75, 3.05) is 13.2 Å². The van der Waals surface area contributed by atoms with E-state index in [1.165, 1.54) is 6.33 Å². The highest BCUT2D eigenvalue weighted by Gasteiger charge is 2.04. The summed E-state index contributed by atoms with van der Waals surface area (Å²) in [7, 11) is 1.77. The molecule has 0 unspecified atom stereocenters. The Balaban J connectivity index is 2.27. The molecule has 0 radical (unpaired) electrons. The lowest BCUT2D eigenvalue weighted by Gasteiger charge is -2.04. The topological polar surface area (TPSA) is 89.3 Å². The van der Waals surface area contributed by atoms with Crippen LogP contribution in [0.3, 0.4) is 0 Å². The van der Waals surface area contributed by atoms with E-state index in [0.717, 1.165) is 0 Å². The van der Waals surface area contributed by atoms with Crippen LogP contribution >= 0.6 is 0 Å². The van der Waals surface area contributed by atoms with Crippen molar-refractivity contribution < 1.29 is 14.6 Å². The van der Waals surface area contributed by atoms with Gasteiger partial charge in [0.2, 0.25) is 0 Å². The zero-order chi connectivity index (χ0) is 10.4. The van der Waals surface area contributed by atoms with Crippen molar-refractivity contribution in [3.05, 3.63) is 12.2 Å². The molecule has 1 heterocycles. The Morgan fingerprint density at radius 3 is 3.14 bits per heavy atom. The van der Waals surface area contributed by atoms with Crippen LogP contribution in [0.25, 0.3) is 0 Å². The van der Waals surface area contributed by atoms with E-state index in [1.54, 1.807) is 11.6 Å². The van der Waals surface area contributed by atoms with Crippen molar-refractivity contribution in [3.8, 4) is 0 Å². The first-order valence-corrected chi connectivity index (χ1v) is 4.08. The number of aliphatic hydroxyl groups excluding tert-OH is 1. The fraction of sp³-hybridized carbons (Fsp3) is 0.571. The Bertz CT molecular complexity index is 299. The number of aromatic nitrogens is 3. The van der Waals surface area contributed by atoms with Crippen LogP contribution in [0.5, 0.6) is 0 Å². The number of alkyl carbamates (subject to hydrolysis) is 1. The predicted octanol–water partition coefficient (Wildman–Crippen LogP) is -0.966. The van der Waals surface area contributed by atoms with Crippen molar-refractivity contribution in [3.63, 3.8) is 0 Å². The maximum absolute atomic E-state index is 10.9. The molecule has 0 fully saturated rings. The molecule has 1 aromatic heterocycles. The average Bonchev–Trinajstić information content (AvgIpc) is 2.58. The summed E-state index contributed by atoms with van der Waals surface area (Å²) in [4.78, 5) is 10.9. The van der Waals surface area contributed by atoms with E-state index in [4.69, 9.17) is 5.11 Å². The van der Waals surface area contributed by atoms with Gasteiger partial charge in [-0.3, -0.25) is 0 Å². The summed E-state index contributed by atoms with van der Waals surface area (Å²) < 4.78 is 6.26. The molecule has 0 bridgehead atoms. The molecule has 78 valence electrons. The third-order valence-corrected chi connectivity index (χ3v) is 1.52. The van der Waals surface area contributed by atoms with E-state index < -0.39 is 6.09 Å². The number of nitrogens with zero attached hydrogens (tertiary/aromatic N) is 3. The van der Waals surface area contributed by atoms with E-state index in [-0.39, 0.29) is 19.8 Å². The van der Waals surface area contributed by atoms with Gasteiger partial charge in [0, 0.05) is 7.05 Å². The third kappa shape index (κ3) is 3.02. The van der Waals surface area contributed by atoms with Gasteiger partial charge in [0.05, 0.1) is 13.2 Å². The molecular weight excluding hydrogens is 188 g/mol. The van der Waals surface area contributed by atoms with Gasteiger partial charge in [-0.2, -0.15) is 0 Å². The average molecular weight is 200 g/mol. The van der Waals surface area contributed by atoms with E-state index in [0.29, 0.717) is 5.82 Å². The Morgan fingerprint density at radius 1 is 1.79 bits per heavy atom. The van der Waals surface area contributed by atoms with Crippen LogP contribution in [0.4, 0.5) is 4.79 Å². The second kappa shape index (κ2) is 5.18. The maximum atomic E-state index is 10.9. The molecule has 0 aliphatic carbocycles. The van der Waals surface area contributed by atoms with E-state index >= 15 is 0 Å². The third-order valence-electron chi connectivity index (χ3n) is 1.52. The summed E-state index contributed by atoms with van der Waals surface area (Å²) in [5.41, 5.74) is 0. The molecule has 7 heteroatoms. The SMILES string of the molecule is Cn1cnnc1CNC(=O)OCCO. The largest absolute Gasteiger partial charge is 0.447 e. The normalized spacial score (nSPS) is 9.86. The van der Waals surface area contributed by atoms with Crippen LogP contribution in [-0.4, -0.2) is 39.2 Å². The Morgan fingerprint density at radius 2 is 2.57 bits per heavy atom. The van der Waals surface area contributed by atoms with Gasteiger partial charge in [0.25, 0.3) is 0 Å². The molecule has 0 aromatic carbocycles. The molecule has 14 heavy (non-hydrogen) atoms. The van der Waals surface area contributed by atoms with E-state index in [9.17, 15) is 4.79 Å². The number of nitrogens with one attached hydrogen (secondary N) is 1. The smallest absolute Gasteiger partial charge is 0.407 e. The van der Waals surface area contributed by atoms with Crippen molar-refractivity contribution >= 4 is 6.09 Å². The summed E-state index contributed by atoms with van der Waals surface area (Å²) in [6.45, 7) is 0.0583. The van der Waals surface area contributed by atoms with Gasteiger partial charge in [-0.05, 0) is 0 Å². The number of carbonyl (C=O) groups is 1. The van der Waals surface area contributed by atoms with Gasteiger partial charge in [0.15, 0.2) is 5.82 Å². The lowest BCUT2D eigenvalue weighted by atomic mass is 10.6. The van der Waals surface area contributed by atoms with Gasteiger partial charge >= 0.3 is 6.09 Å². The molecule has 0 saturated carbocycles. The molecule has 0 aliphatic rings. The lowest BCUT2D eigenvalue weighted by Crippen LogP contribution is -2.26. The highest BCUT2D eigenvalue weighted by atomic mass is 16.6. The number of ether oxygens (including phenoxy) is 1. The standard InChI is InChI=1S/C7H12N4O3/c1-11-5-9-10-6(11)4-8-7(13)14-3-2-12/h5,12H,2-4H2,1H3,(H,8,13). The molecule has 0 saturated heterocycles. The molecule has 7 nitrogen and oxygen atoms in total. The first kappa shape index (κ1) is 10.5. The first-order chi connectivity index (χ1) is 6.74. The minimum Gasteiger partial charge on any atom is -0.447 e. The predicted molar refractivity (Wildman–Crippen MR) is 46.3 cm³/mol. The van der Waals surface area contributed by atoms with Crippen molar-refractivity contribution in [1.82, 2.24) is 20.1 Å². The van der Waals surface area contributed by atoms with E-state index in [2.05, 4.69) is 20.3 Å². The Hall–Kier alpha value is -1.63. The van der Waals surface area contributed by atoms with Crippen molar-refractivity contribution in [1.29, 1.82) is 0 Å². The molecule has 0 spiro atoms. The van der Waals surface area contributed by atoms with Crippen LogP contribution in [-0.2, 0) is 18.3 Å². The summed E-state index contributed by atoms with van der Waals surface area (Å²) in [6, 6.07) is 0. The van der Waals surface area contributed by atoms with Crippen LogP contribution in [0.15, 0.2) is 6.33 Å². The first-order valence-electron chi connectivity index (χ1n) is 4.08. The number of carbonyl (C=O) groups excluding carboxylic acids is 1. The fourth-order valence-electron chi connectivity index (χ4n) is 0.808. The molecule has 0 aliphatic heterocycles. The summed E-state index contributed by atoms with van der Waals surface area (Å²) in [5, 5.41) is 18.2. The maximum Gasteiger partial charge on any atom is 0.407 e. The van der Waals surface area contributed by atoms with Crippen LogP contribution < -0.4 is 5.32 Å². The van der Waals surface area contributed by atoms with Gasteiger partial charge in [-0.25, -0.2) is 4.79 Å². The monoisotopic (exact) mass is 200 g/mol. The number of amides is 1. The molecule has 2 N–H and O–H groups in total. The minimum atomic E-state index is -0.581. The van der Waals surface area contributed by atoms with Crippen molar-refractivity contribution in [2.45, 2.75) is 6.54 Å².